The van der Waals surface area contributed by atoms with Crippen LogP contribution in [0.2, 0.25) is 0 Å². The van der Waals surface area contributed by atoms with E-state index in [9.17, 15) is 9.59 Å². The summed E-state index contributed by atoms with van der Waals surface area (Å²) in [6, 6.07) is 5.16. The lowest BCUT2D eigenvalue weighted by Gasteiger charge is -2.20. The number of rotatable bonds is 8. The lowest BCUT2D eigenvalue weighted by molar-refractivity contribution is 0.136. The van der Waals surface area contributed by atoms with Gasteiger partial charge in [0, 0.05) is 25.2 Å². The highest BCUT2D eigenvalue weighted by Gasteiger charge is 2.33. The summed E-state index contributed by atoms with van der Waals surface area (Å²) < 4.78 is 23.2. The molecule has 3 aromatic rings. The van der Waals surface area contributed by atoms with E-state index < -0.39 is 6.09 Å². The molecule has 5 heterocycles. The normalized spacial score (nSPS) is 17.1. The van der Waals surface area contributed by atoms with E-state index in [0.29, 0.717) is 80.2 Å². The first-order valence-electron chi connectivity index (χ1n) is 11.0. The fraction of sp³-hybridized carbons (Fsp3) is 0.409. The van der Waals surface area contributed by atoms with Crippen molar-refractivity contribution in [1.82, 2.24) is 24.8 Å². The molecule has 178 valence electrons. The van der Waals surface area contributed by atoms with Crippen molar-refractivity contribution in [2.75, 3.05) is 44.9 Å². The molecule has 0 saturated carbocycles. The second kappa shape index (κ2) is 9.51. The van der Waals surface area contributed by atoms with Crippen LogP contribution < -0.4 is 30.0 Å². The van der Waals surface area contributed by atoms with Gasteiger partial charge in [-0.3, -0.25) is 14.3 Å². The van der Waals surface area contributed by atoms with E-state index >= 15 is 0 Å². The Morgan fingerprint density at radius 2 is 1.97 bits per heavy atom. The molecular weight excluding hydrogens is 444 g/mol. The third-order valence-corrected chi connectivity index (χ3v) is 5.60. The van der Waals surface area contributed by atoms with Crippen molar-refractivity contribution in [3.05, 3.63) is 40.9 Å². The van der Waals surface area contributed by atoms with Crippen LogP contribution in [0, 0.1) is 0 Å². The van der Waals surface area contributed by atoms with Crippen molar-refractivity contribution in [2.24, 2.45) is 0 Å². The molecule has 2 aliphatic rings. The SMILES string of the molecule is COc1ccc2ncc(=O)n(CCNCCC3CN(c4cc5c(cn4)OCCO5)C(=O)O3)c2n1. The van der Waals surface area contributed by atoms with Crippen molar-refractivity contribution in [2.45, 2.75) is 19.1 Å². The molecule has 0 bridgehead atoms. The van der Waals surface area contributed by atoms with Crippen LogP contribution in [0.25, 0.3) is 11.2 Å². The molecule has 1 fully saturated rings. The number of cyclic esters (lactones) is 1. The predicted octanol–water partition coefficient (Wildman–Crippen LogP) is 0.971. The van der Waals surface area contributed by atoms with Gasteiger partial charge in [-0.25, -0.2) is 14.8 Å². The molecule has 1 atom stereocenters. The topological polar surface area (TPSA) is 130 Å². The van der Waals surface area contributed by atoms with Crippen molar-refractivity contribution in [3.8, 4) is 17.4 Å². The minimum Gasteiger partial charge on any atom is -0.486 e. The quantitative estimate of drug-likeness (QED) is 0.477. The number of nitrogens with zero attached hydrogens (tertiary/aromatic N) is 5. The summed E-state index contributed by atoms with van der Waals surface area (Å²) in [5.74, 6) is 2.02. The molecule has 12 heteroatoms. The van der Waals surface area contributed by atoms with Gasteiger partial charge < -0.3 is 24.3 Å². The Morgan fingerprint density at radius 1 is 1.12 bits per heavy atom. The Morgan fingerprint density at radius 3 is 2.82 bits per heavy atom. The second-order valence-electron chi connectivity index (χ2n) is 7.79. The van der Waals surface area contributed by atoms with Crippen LogP contribution in [0.1, 0.15) is 6.42 Å². The fourth-order valence-corrected chi connectivity index (χ4v) is 3.88. The van der Waals surface area contributed by atoms with Crippen molar-refractivity contribution >= 4 is 23.1 Å². The van der Waals surface area contributed by atoms with E-state index in [-0.39, 0.29) is 11.7 Å². The van der Waals surface area contributed by atoms with Gasteiger partial charge in [-0.1, -0.05) is 0 Å². The highest BCUT2D eigenvalue weighted by atomic mass is 16.6. The lowest BCUT2D eigenvalue weighted by Crippen LogP contribution is -2.30. The minimum absolute atomic E-state index is 0.234. The van der Waals surface area contributed by atoms with Crippen LogP contribution in [0.3, 0.4) is 0 Å². The van der Waals surface area contributed by atoms with Crippen LogP contribution in [0.5, 0.6) is 17.4 Å². The van der Waals surface area contributed by atoms with Crippen molar-refractivity contribution in [1.29, 1.82) is 0 Å². The number of carbonyl (C=O) groups is 1. The van der Waals surface area contributed by atoms with Crippen LogP contribution in [0.4, 0.5) is 10.6 Å². The number of hydrogen-bond acceptors (Lipinski definition) is 10. The molecule has 1 N–H and O–H groups in total. The molecule has 12 nitrogen and oxygen atoms in total. The fourth-order valence-electron chi connectivity index (χ4n) is 3.88. The standard InChI is InChI=1S/C22H24N6O6/c1-31-19-3-2-15-21(26-19)27(20(29)12-24-15)7-6-23-5-4-14-13-28(22(30)34-14)18-10-16-17(11-25-18)33-9-8-32-16/h2-3,10-12,14,23H,4-9,13H2,1H3. The van der Waals surface area contributed by atoms with Gasteiger partial charge in [0.1, 0.15) is 30.7 Å². The van der Waals surface area contributed by atoms with Gasteiger partial charge >= 0.3 is 6.09 Å². The number of hydrogen-bond donors (Lipinski definition) is 1. The van der Waals surface area contributed by atoms with Gasteiger partial charge in [-0.15, -0.1) is 0 Å². The predicted molar refractivity (Wildman–Crippen MR) is 121 cm³/mol. The first-order chi connectivity index (χ1) is 16.6. The Balaban J connectivity index is 1.14. The van der Waals surface area contributed by atoms with Crippen LogP contribution in [-0.2, 0) is 11.3 Å². The number of amides is 1. The Labute approximate surface area is 194 Å². The van der Waals surface area contributed by atoms with E-state index in [1.54, 1.807) is 29.0 Å². The maximum atomic E-state index is 12.4. The van der Waals surface area contributed by atoms with Crippen molar-refractivity contribution in [3.63, 3.8) is 0 Å². The van der Waals surface area contributed by atoms with E-state index in [4.69, 9.17) is 18.9 Å². The Kier molecular flexibility index (Phi) is 6.12. The van der Waals surface area contributed by atoms with E-state index in [1.807, 2.05) is 0 Å². The monoisotopic (exact) mass is 468 g/mol. The third kappa shape index (κ3) is 4.44. The molecule has 1 unspecified atom stereocenters. The highest BCUT2D eigenvalue weighted by molar-refractivity contribution is 5.88. The minimum atomic E-state index is -0.441. The molecule has 1 saturated heterocycles. The molecule has 3 aromatic heterocycles. The zero-order chi connectivity index (χ0) is 23.5. The summed E-state index contributed by atoms with van der Waals surface area (Å²) in [5.41, 5.74) is 0.856. The zero-order valence-electron chi connectivity index (χ0n) is 18.6. The average molecular weight is 468 g/mol. The number of carbonyl (C=O) groups excluding carboxylic acids is 1. The van der Waals surface area contributed by atoms with Crippen LogP contribution in [0.15, 0.2) is 35.4 Å². The summed E-state index contributed by atoms with van der Waals surface area (Å²) in [6.45, 7) is 2.88. The second-order valence-corrected chi connectivity index (χ2v) is 7.79. The van der Waals surface area contributed by atoms with Crippen LogP contribution >= 0.6 is 0 Å². The number of methoxy groups -OCH3 is 1. The van der Waals surface area contributed by atoms with E-state index in [1.165, 1.54) is 18.2 Å². The Bertz CT molecular complexity index is 1260. The smallest absolute Gasteiger partial charge is 0.415 e. The number of aromatic nitrogens is 4. The van der Waals surface area contributed by atoms with E-state index in [0.717, 1.165) is 0 Å². The van der Waals surface area contributed by atoms with Gasteiger partial charge in [0.25, 0.3) is 5.56 Å². The Hall–Kier alpha value is -3.93. The number of fused-ring (bicyclic) bond motifs is 2. The molecular formula is C22H24N6O6. The average Bonchev–Trinajstić information content (AvgIpc) is 3.24. The molecule has 0 spiro atoms. The first-order valence-corrected chi connectivity index (χ1v) is 11.0. The molecule has 34 heavy (non-hydrogen) atoms. The van der Waals surface area contributed by atoms with Crippen molar-refractivity contribution < 1.29 is 23.7 Å². The van der Waals surface area contributed by atoms with Gasteiger partial charge in [0.05, 0.1) is 26.0 Å². The number of pyridine rings is 2. The molecule has 1 amide bonds. The lowest BCUT2D eigenvalue weighted by atomic mass is 10.2. The highest BCUT2D eigenvalue weighted by Crippen LogP contribution is 2.33. The zero-order valence-corrected chi connectivity index (χ0v) is 18.6. The summed E-state index contributed by atoms with van der Waals surface area (Å²) in [4.78, 5) is 38.9. The maximum absolute atomic E-state index is 12.4. The summed E-state index contributed by atoms with van der Waals surface area (Å²) in [7, 11) is 1.52. The first kappa shape index (κ1) is 21.9. The molecule has 2 aliphatic heterocycles. The summed E-state index contributed by atoms with van der Waals surface area (Å²) >= 11 is 0. The van der Waals surface area contributed by atoms with E-state index in [2.05, 4.69) is 20.3 Å². The molecule has 0 aromatic carbocycles. The molecule has 5 rings (SSSR count). The summed E-state index contributed by atoms with van der Waals surface area (Å²) in [5, 5.41) is 3.29. The summed E-state index contributed by atoms with van der Waals surface area (Å²) in [6.07, 6.45) is 2.75. The number of nitrogens with one attached hydrogen (secondary N) is 1. The van der Waals surface area contributed by atoms with Gasteiger partial charge in [-0.05, 0) is 19.0 Å². The van der Waals surface area contributed by atoms with Gasteiger partial charge in [-0.2, -0.15) is 4.98 Å². The number of anilines is 1. The molecule has 0 radical (unpaired) electrons. The van der Waals surface area contributed by atoms with Gasteiger partial charge in [0.2, 0.25) is 5.88 Å². The molecule has 0 aliphatic carbocycles. The van der Waals surface area contributed by atoms with Crippen LogP contribution in [-0.4, -0.2) is 71.7 Å². The van der Waals surface area contributed by atoms with Gasteiger partial charge in [0.15, 0.2) is 17.1 Å². The maximum Gasteiger partial charge on any atom is 0.415 e. The third-order valence-electron chi connectivity index (χ3n) is 5.60. The largest absolute Gasteiger partial charge is 0.486 e. The number of ether oxygens (including phenoxy) is 4.